The van der Waals surface area contributed by atoms with E-state index < -0.39 is 5.97 Å². The summed E-state index contributed by atoms with van der Waals surface area (Å²) in [4.78, 5) is 17.3. The first-order valence-electron chi connectivity index (χ1n) is 11.0. The van der Waals surface area contributed by atoms with Crippen molar-refractivity contribution in [2.75, 3.05) is 0 Å². The maximum atomic E-state index is 12.5. The number of nitrogens with zero attached hydrogens (tertiary/aromatic N) is 3. The number of carboxylic acids is 1. The van der Waals surface area contributed by atoms with Gasteiger partial charge in [-0.15, -0.1) is 11.8 Å². The average molecular weight is 601 g/mol. The smallest absolute Gasteiger partial charge is 0.355 e. The minimum Gasteiger partial charge on any atom is -0.476 e. The molecule has 1 unspecified atom stereocenters. The van der Waals surface area contributed by atoms with Crippen LogP contribution in [0.1, 0.15) is 47.6 Å². The summed E-state index contributed by atoms with van der Waals surface area (Å²) in [5.74, 6) is -1.10. The normalized spacial score (nSPS) is 12.2. The Morgan fingerprint density at radius 1 is 1.11 bits per heavy atom. The van der Waals surface area contributed by atoms with E-state index >= 15 is 0 Å². The maximum absolute atomic E-state index is 12.5. The molecule has 1 N–H and O–H groups in total. The fourth-order valence-electron chi connectivity index (χ4n) is 3.54. The zero-order chi connectivity index (χ0) is 26.1. The van der Waals surface area contributed by atoms with E-state index in [4.69, 9.17) is 51.4 Å². The second kappa shape index (κ2) is 11.3. The first-order chi connectivity index (χ1) is 17.1. The number of thioether (sulfide) groups is 1. The number of aromatic nitrogens is 3. The summed E-state index contributed by atoms with van der Waals surface area (Å²) in [5.41, 5.74) is 3.47. The Kier molecular flexibility index (Phi) is 8.60. The van der Waals surface area contributed by atoms with Crippen molar-refractivity contribution >= 4 is 75.5 Å². The number of hydrogen-bond acceptors (Lipinski definition) is 5. The summed E-state index contributed by atoms with van der Waals surface area (Å²) >= 11 is 27.9. The van der Waals surface area contributed by atoms with Crippen molar-refractivity contribution in [2.24, 2.45) is 0 Å². The molecular weight excluding hydrogens is 580 g/mol. The Morgan fingerprint density at radius 3 is 2.50 bits per heavy atom. The maximum Gasteiger partial charge on any atom is 0.355 e. The molecule has 5 nitrogen and oxygen atoms in total. The zero-order valence-electron chi connectivity index (χ0n) is 19.5. The van der Waals surface area contributed by atoms with Crippen molar-refractivity contribution in [3.05, 3.63) is 79.0 Å². The molecule has 36 heavy (non-hydrogen) atoms. The Balaban J connectivity index is 1.85. The van der Waals surface area contributed by atoms with Crippen LogP contribution in [0.25, 0.3) is 16.4 Å². The van der Waals surface area contributed by atoms with E-state index in [9.17, 15) is 9.90 Å². The van der Waals surface area contributed by atoms with Crippen LogP contribution >= 0.6 is 69.5 Å². The molecule has 0 aliphatic carbocycles. The van der Waals surface area contributed by atoms with Crippen molar-refractivity contribution in [1.82, 2.24) is 14.8 Å². The van der Waals surface area contributed by atoms with Gasteiger partial charge in [0.2, 0.25) is 5.13 Å². The van der Waals surface area contributed by atoms with E-state index in [1.54, 1.807) is 49.0 Å². The Hall–Kier alpha value is -1.74. The van der Waals surface area contributed by atoms with Crippen molar-refractivity contribution < 1.29 is 9.90 Å². The lowest BCUT2D eigenvalue weighted by Gasteiger charge is -2.08. The average Bonchev–Trinajstić information content (AvgIpc) is 3.38. The van der Waals surface area contributed by atoms with Gasteiger partial charge in [-0.1, -0.05) is 83.7 Å². The summed E-state index contributed by atoms with van der Waals surface area (Å²) in [6.45, 7) is 6.04. The molecule has 0 bridgehead atoms. The molecule has 2 aromatic heterocycles. The number of benzene rings is 2. The molecule has 0 amide bonds. The van der Waals surface area contributed by atoms with Crippen LogP contribution in [0.4, 0.5) is 0 Å². The summed E-state index contributed by atoms with van der Waals surface area (Å²) in [6.07, 6.45) is 1.26. The Bertz CT molecular complexity index is 1450. The predicted octanol–water partition coefficient (Wildman–Crippen LogP) is 9.10. The van der Waals surface area contributed by atoms with Crippen LogP contribution in [0.15, 0.2) is 40.6 Å². The van der Waals surface area contributed by atoms with Gasteiger partial charge in [-0.05, 0) is 43.2 Å². The van der Waals surface area contributed by atoms with Crippen LogP contribution in [0.3, 0.4) is 0 Å². The highest BCUT2D eigenvalue weighted by Gasteiger charge is 2.26. The van der Waals surface area contributed by atoms with Gasteiger partial charge in [0, 0.05) is 32.8 Å². The SMILES string of the molecule is CCC(C)Sc1sc(-n2nc(C)c(Cc3ccc(Cl)cc3Cl)c2C(=O)O)nc1-c1ccc(Cl)c(Cl)c1. The van der Waals surface area contributed by atoms with Gasteiger partial charge in [-0.25, -0.2) is 9.78 Å². The van der Waals surface area contributed by atoms with Gasteiger partial charge < -0.3 is 5.11 Å². The van der Waals surface area contributed by atoms with Gasteiger partial charge >= 0.3 is 5.97 Å². The van der Waals surface area contributed by atoms with Crippen molar-refractivity contribution in [3.63, 3.8) is 0 Å². The van der Waals surface area contributed by atoms with Crippen molar-refractivity contribution in [3.8, 4) is 16.4 Å². The molecular formula is C25H21Cl4N3O2S2. The minimum atomic E-state index is -1.10. The van der Waals surface area contributed by atoms with Crippen LogP contribution in [0, 0.1) is 6.92 Å². The van der Waals surface area contributed by atoms with Gasteiger partial charge in [0.15, 0.2) is 5.69 Å². The minimum absolute atomic E-state index is 0.0491. The molecule has 2 heterocycles. The van der Waals surface area contributed by atoms with E-state index in [1.807, 2.05) is 6.07 Å². The third-order valence-corrected chi connectivity index (χ3v) is 9.44. The highest BCUT2D eigenvalue weighted by atomic mass is 35.5. The fraction of sp³-hybridized carbons (Fsp3) is 0.240. The summed E-state index contributed by atoms with van der Waals surface area (Å²) in [7, 11) is 0. The van der Waals surface area contributed by atoms with Gasteiger partial charge in [0.1, 0.15) is 0 Å². The molecule has 2 aromatic carbocycles. The lowest BCUT2D eigenvalue weighted by molar-refractivity contribution is 0.0686. The van der Waals surface area contributed by atoms with Gasteiger partial charge in [0.25, 0.3) is 0 Å². The number of aromatic carboxylic acids is 1. The quantitative estimate of drug-likeness (QED) is 0.204. The van der Waals surface area contributed by atoms with Crippen molar-refractivity contribution in [1.29, 1.82) is 0 Å². The first-order valence-corrected chi connectivity index (χ1v) is 14.2. The molecule has 0 saturated heterocycles. The summed E-state index contributed by atoms with van der Waals surface area (Å²) in [6, 6.07) is 10.5. The third-order valence-electron chi connectivity index (χ3n) is 5.61. The topological polar surface area (TPSA) is 68.0 Å². The van der Waals surface area contributed by atoms with E-state index in [1.165, 1.54) is 16.0 Å². The standard InChI is InChI=1S/C25H21Cl4N3O2S2/c1-4-12(2)35-24-21(15-6-8-18(27)20(29)10-15)30-25(36-24)32-22(23(33)34)17(13(3)31-32)9-14-5-7-16(26)11-19(14)28/h5-8,10-12H,4,9H2,1-3H3,(H,33,34). The van der Waals surface area contributed by atoms with Crippen LogP contribution < -0.4 is 0 Å². The third kappa shape index (κ3) is 5.72. The second-order valence-electron chi connectivity index (χ2n) is 8.14. The van der Waals surface area contributed by atoms with E-state index in [0.717, 1.165) is 21.8 Å². The Labute approximate surface area is 237 Å². The van der Waals surface area contributed by atoms with Crippen LogP contribution in [0.5, 0.6) is 0 Å². The number of aryl methyl sites for hydroxylation is 1. The molecule has 0 aliphatic rings. The first kappa shape index (κ1) is 27.3. The van der Waals surface area contributed by atoms with Gasteiger partial charge in [-0.2, -0.15) is 9.78 Å². The van der Waals surface area contributed by atoms with Gasteiger partial charge in [0.05, 0.1) is 25.6 Å². The van der Waals surface area contributed by atoms with Crippen LogP contribution in [-0.2, 0) is 6.42 Å². The molecule has 0 saturated carbocycles. The summed E-state index contributed by atoms with van der Waals surface area (Å²) in [5, 5.41) is 17.4. The molecule has 188 valence electrons. The number of carbonyl (C=O) groups is 1. The molecule has 11 heteroatoms. The fourth-order valence-corrected chi connectivity index (χ4v) is 6.81. The number of rotatable bonds is 8. The lowest BCUT2D eigenvalue weighted by Crippen LogP contribution is -2.10. The summed E-state index contributed by atoms with van der Waals surface area (Å²) < 4.78 is 2.35. The largest absolute Gasteiger partial charge is 0.476 e. The predicted molar refractivity (Wildman–Crippen MR) is 151 cm³/mol. The molecule has 0 radical (unpaired) electrons. The lowest BCUT2D eigenvalue weighted by atomic mass is 10.0. The molecule has 0 fully saturated rings. The number of thiazole rings is 1. The van der Waals surface area contributed by atoms with Crippen LogP contribution in [-0.4, -0.2) is 31.1 Å². The van der Waals surface area contributed by atoms with Crippen molar-refractivity contribution in [2.45, 2.75) is 43.1 Å². The zero-order valence-corrected chi connectivity index (χ0v) is 24.1. The monoisotopic (exact) mass is 599 g/mol. The Morgan fingerprint density at radius 2 is 1.86 bits per heavy atom. The van der Waals surface area contributed by atoms with E-state index in [-0.39, 0.29) is 5.69 Å². The molecule has 0 spiro atoms. The molecule has 4 aromatic rings. The van der Waals surface area contributed by atoms with Crippen LogP contribution in [0.2, 0.25) is 20.1 Å². The molecule has 4 rings (SSSR count). The number of carboxylic acid groups (broad SMARTS) is 1. The molecule has 1 atom stereocenters. The molecule has 0 aliphatic heterocycles. The second-order valence-corrected chi connectivity index (χ2v) is 12.5. The highest BCUT2D eigenvalue weighted by Crippen LogP contribution is 2.42. The number of halogens is 4. The van der Waals surface area contributed by atoms with E-state index in [2.05, 4.69) is 18.9 Å². The van der Waals surface area contributed by atoms with E-state index in [0.29, 0.717) is 53.8 Å². The van der Waals surface area contributed by atoms with Gasteiger partial charge in [-0.3, -0.25) is 0 Å². The number of hydrogen-bond donors (Lipinski definition) is 1. The highest BCUT2D eigenvalue weighted by molar-refractivity contribution is 8.01.